The van der Waals surface area contributed by atoms with Crippen LogP contribution in [0.3, 0.4) is 0 Å². The van der Waals surface area contributed by atoms with Crippen LogP contribution in [0.4, 0.5) is 5.69 Å². The van der Waals surface area contributed by atoms with E-state index in [0.717, 1.165) is 22.0 Å². The summed E-state index contributed by atoms with van der Waals surface area (Å²) in [7, 11) is -3.48. The van der Waals surface area contributed by atoms with Crippen LogP contribution in [0.1, 0.15) is 5.56 Å². The zero-order chi connectivity index (χ0) is 16.0. The van der Waals surface area contributed by atoms with Gasteiger partial charge in [-0.15, -0.1) is 11.8 Å². The highest BCUT2D eigenvalue weighted by Crippen LogP contribution is 2.42. The van der Waals surface area contributed by atoms with Crippen LogP contribution in [0.5, 0.6) is 0 Å². The molecule has 0 unspecified atom stereocenters. The zero-order valence-electron chi connectivity index (χ0n) is 12.6. The lowest BCUT2D eigenvalue weighted by Gasteiger charge is -2.19. The summed E-state index contributed by atoms with van der Waals surface area (Å²) in [5.41, 5.74) is 1.75. The fourth-order valence-electron chi connectivity index (χ4n) is 3.03. The highest BCUT2D eigenvalue weighted by molar-refractivity contribution is 7.98. The molecule has 0 aliphatic carbocycles. The van der Waals surface area contributed by atoms with E-state index < -0.39 is 10.0 Å². The van der Waals surface area contributed by atoms with Crippen molar-refractivity contribution in [2.24, 2.45) is 0 Å². The van der Waals surface area contributed by atoms with Crippen LogP contribution in [-0.2, 0) is 16.6 Å². The third-order valence-corrected chi connectivity index (χ3v) is 6.71. The van der Waals surface area contributed by atoms with Crippen molar-refractivity contribution in [3.63, 3.8) is 0 Å². The molecule has 0 aromatic heterocycles. The number of sulfonamides is 1. The van der Waals surface area contributed by atoms with Crippen LogP contribution < -0.4 is 4.31 Å². The van der Waals surface area contributed by atoms with Crippen LogP contribution in [0.25, 0.3) is 10.8 Å². The van der Waals surface area contributed by atoms with E-state index in [9.17, 15) is 8.42 Å². The number of hydrogen-bond acceptors (Lipinski definition) is 3. The zero-order valence-corrected chi connectivity index (χ0v) is 14.2. The van der Waals surface area contributed by atoms with Crippen LogP contribution in [-0.4, -0.2) is 14.7 Å². The maximum atomic E-state index is 12.9. The van der Waals surface area contributed by atoms with Gasteiger partial charge in [0, 0.05) is 10.3 Å². The number of anilines is 1. The van der Waals surface area contributed by atoms with Crippen molar-refractivity contribution < 1.29 is 8.42 Å². The quantitative estimate of drug-likeness (QED) is 0.668. The Balaban J connectivity index is 1.82. The lowest BCUT2D eigenvalue weighted by Crippen LogP contribution is -2.26. The molecule has 3 nitrogen and oxygen atoms in total. The third kappa shape index (κ3) is 2.23. The van der Waals surface area contributed by atoms with E-state index in [1.165, 1.54) is 9.20 Å². The number of rotatable bonds is 3. The average molecular weight is 341 g/mol. The normalized spacial score (nSPS) is 15.3. The van der Waals surface area contributed by atoms with Crippen LogP contribution >= 0.6 is 11.8 Å². The second kappa shape index (κ2) is 5.28. The van der Waals surface area contributed by atoms with Gasteiger partial charge >= 0.3 is 0 Å². The standard InChI is InChI=1S/C18H15NO2S2/c1-22-15-10-8-13(9-11-15)12-19-16-6-2-4-14-5-3-7-17(18(14)16)23(19,20)21/h2-11H,12H2,1H3. The summed E-state index contributed by atoms with van der Waals surface area (Å²) in [6, 6.07) is 19.2. The van der Waals surface area contributed by atoms with Gasteiger partial charge in [-0.25, -0.2) is 8.42 Å². The predicted octanol–water partition coefficient (Wildman–Crippen LogP) is 4.27. The van der Waals surface area contributed by atoms with Gasteiger partial charge in [0.2, 0.25) is 0 Å². The smallest absolute Gasteiger partial charge is 0.261 e. The summed E-state index contributed by atoms with van der Waals surface area (Å²) in [4.78, 5) is 1.58. The number of thioether (sulfide) groups is 1. The molecule has 4 rings (SSSR count). The molecule has 0 radical (unpaired) electrons. The number of benzene rings is 3. The molecule has 1 heterocycles. The molecule has 3 aromatic carbocycles. The molecule has 0 atom stereocenters. The van der Waals surface area contributed by atoms with E-state index in [4.69, 9.17) is 0 Å². The van der Waals surface area contributed by atoms with Crippen molar-refractivity contribution in [1.29, 1.82) is 0 Å². The van der Waals surface area contributed by atoms with Crippen molar-refractivity contribution in [3.05, 3.63) is 66.2 Å². The molecule has 0 fully saturated rings. The lowest BCUT2D eigenvalue weighted by atomic mass is 10.1. The van der Waals surface area contributed by atoms with Gasteiger partial charge in [-0.05, 0) is 41.5 Å². The Morgan fingerprint density at radius 2 is 1.65 bits per heavy atom. The second-order valence-electron chi connectivity index (χ2n) is 5.49. The fourth-order valence-corrected chi connectivity index (χ4v) is 5.13. The maximum Gasteiger partial charge on any atom is 0.265 e. The molecule has 116 valence electrons. The summed E-state index contributed by atoms with van der Waals surface area (Å²) < 4.78 is 27.3. The van der Waals surface area contributed by atoms with E-state index >= 15 is 0 Å². The summed E-state index contributed by atoms with van der Waals surface area (Å²) in [5, 5.41) is 1.79. The first-order valence-corrected chi connectivity index (χ1v) is 9.95. The molecule has 0 saturated carbocycles. The molecule has 0 saturated heterocycles. The summed E-state index contributed by atoms with van der Waals surface area (Å²) in [6.45, 7) is 0.352. The molecule has 1 aliphatic rings. The number of hydrogen-bond donors (Lipinski definition) is 0. The van der Waals surface area contributed by atoms with Crippen LogP contribution in [0.15, 0.2) is 70.5 Å². The highest BCUT2D eigenvalue weighted by atomic mass is 32.2. The van der Waals surface area contributed by atoms with E-state index in [1.807, 2.05) is 54.8 Å². The Kier molecular flexibility index (Phi) is 3.36. The minimum Gasteiger partial charge on any atom is -0.261 e. The SMILES string of the molecule is CSc1ccc(CN2c3cccc4cccc(c34)S2(=O)=O)cc1. The fraction of sp³-hybridized carbons (Fsp3) is 0.111. The molecule has 0 bridgehead atoms. The van der Waals surface area contributed by atoms with E-state index in [0.29, 0.717) is 11.4 Å². The molecule has 0 amide bonds. The molecule has 0 spiro atoms. The van der Waals surface area contributed by atoms with Crippen LogP contribution in [0.2, 0.25) is 0 Å². The molecule has 1 aliphatic heterocycles. The van der Waals surface area contributed by atoms with Crippen molar-refractivity contribution in [2.75, 3.05) is 10.6 Å². The summed E-state index contributed by atoms with van der Waals surface area (Å²) in [5.74, 6) is 0. The minimum atomic E-state index is -3.48. The maximum absolute atomic E-state index is 12.9. The first-order chi connectivity index (χ1) is 11.1. The van der Waals surface area contributed by atoms with Gasteiger partial charge < -0.3 is 0 Å². The van der Waals surface area contributed by atoms with Gasteiger partial charge in [0.05, 0.1) is 17.1 Å². The van der Waals surface area contributed by atoms with E-state index in [1.54, 1.807) is 23.9 Å². The predicted molar refractivity (Wildman–Crippen MR) is 95.5 cm³/mol. The topological polar surface area (TPSA) is 37.4 Å². The number of nitrogens with zero attached hydrogens (tertiary/aromatic N) is 1. The van der Waals surface area contributed by atoms with Gasteiger partial charge in [0.1, 0.15) is 0 Å². The van der Waals surface area contributed by atoms with Gasteiger partial charge in [0.15, 0.2) is 0 Å². The first kappa shape index (κ1) is 14.6. The van der Waals surface area contributed by atoms with Crippen molar-refractivity contribution in [1.82, 2.24) is 0 Å². The Labute approximate surface area is 140 Å². The van der Waals surface area contributed by atoms with Gasteiger partial charge in [-0.2, -0.15) is 0 Å². The molecule has 5 heteroatoms. The Hall–Kier alpha value is -1.98. The monoisotopic (exact) mass is 341 g/mol. The molecule has 0 N–H and O–H groups in total. The van der Waals surface area contributed by atoms with Crippen molar-refractivity contribution in [3.8, 4) is 0 Å². The third-order valence-electron chi connectivity index (χ3n) is 4.17. The summed E-state index contributed by atoms with van der Waals surface area (Å²) >= 11 is 1.67. The highest BCUT2D eigenvalue weighted by Gasteiger charge is 2.35. The van der Waals surface area contributed by atoms with Gasteiger partial charge in [-0.3, -0.25) is 4.31 Å². The average Bonchev–Trinajstić information content (AvgIpc) is 2.79. The van der Waals surface area contributed by atoms with Crippen LogP contribution in [0, 0.1) is 0 Å². The van der Waals surface area contributed by atoms with E-state index in [-0.39, 0.29) is 0 Å². The Morgan fingerprint density at radius 1 is 0.957 bits per heavy atom. The molecule has 3 aromatic rings. The first-order valence-electron chi connectivity index (χ1n) is 7.29. The van der Waals surface area contributed by atoms with Crippen molar-refractivity contribution in [2.45, 2.75) is 16.3 Å². The van der Waals surface area contributed by atoms with E-state index in [2.05, 4.69) is 0 Å². The minimum absolute atomic E-state index is 0.352. The van der Waals surface area contributed by atoms with Gasteiger partial charge in [0.25, 0.3) is 10.0 Å². The Morgan fingerprint density at radius 3 is 2.35 bits per heavy atom. The summed E-state index contributed by atoms with van der Waals surface area (Å²) in [6.07, 6.45) is 2.03. The molecular weight excluding hydrogens is 326 g/mol. The second-order valence-corrected chi connectivity index (χ2v) is 8.20. The molecule has 23 heavy (non-hydrogen) atoms. The van der Waals surface area contributed by atoms with Gasteiger partial charge in [-0.1, -0.05) is 36.4 Å². The molecular formula is C18H15NO2S2. The largest absolute Gasteiger partial charge is 0.265 e. The van der Waals surface area contributed by atoms with Crippen molar-refractivity contribution >= 4 is 38.2 Å². The lowest BCUT2D eigenvalue weighted by molar-refractivity contribution is 0.593. The Bertz CT molecular complexity index is 990.